The molecule has 4 heteroatoms. The van der Waals surface area contributed by atoms with Crippen molar-refractivity contribution in [2.24, 2.45) is 0 Å². The Morgan fingerprint density at radius 3 is 3.14 bits per heavy atom. The average molecular weight is 193 g/mol. The van der Waals surface area contributed by atoms with Crippen LogP contribution in [0.15, 0.2) is 18.3 Å². The van der Waals surface area contributed by atoms with E-state index in [9.17, 15) is 5.11 Å². The van der Waals surface area contributed by atoms with E-state index in [1.165, 1.54) is 0 Å². The number of aliphatic hydroxyl groups excluding tert-OH is 1. The van der Waals surface area contributed by atoms with E-state index in [4.69, 9.17) is 5.73 Å². The second-order valence-corrected chi connectivity index (χ2v) is 3.63. The normalized spacial score (nSPS) is 23.6. The van der Waals surface area contributed by atoms with Crippen LogP contribution < -0.4 is 11.1 Å². The molecule has 2 heterocycles. The standard InChI is InChI=1S/C10H15N3O/c11-10-7(3-1-6-13-10)9(14)8-4-2-5-12-8/h1,3,6,8-9,12,14H,2,4-5H2,(H2,11,13)/t8-,9?/m1/s1. The number of aliphatic hydroxyl groups is 1. The summed E-state index contributed by atoms with van der Waals surface area (Å²) in [6, 6.07) is 3.75. The highest BCUT2D eigenvalue weighted by Crippen LogP contribution is 2.25. The molecule has 0 spiro atoms. The van der Waals surface area contributed by atoms with Crippen molar-refractivity contribution in [1.82, 2.24) is 10.3 Å². The zero-order valence-corrected chi connectivity index (χ0v) is 7.98. The minimum absolute atomic E-state index is 0.126. The molecule has 0 aromatic carbocycles. The van der Waals surface area contributed by atoms with Gasteiger partial charge in [-0.15, -0.1) is 0 Å². The van der Waals surface area contributed by atoms with Crippen molar-refractivity contribution in [3.05, 3.63) is 23.9 Å². The van der Waals surface area contributed by atoms with Gasteiger partial charge < -0.3 is 16.2 Å². The fraction of sp³-hybridized carbons (Fsp3) is 0.500. The summed E-state index contributed by atoms with van der Waals surface area (Å²) < 4.78 is 0. The number of hydrogen-bond acceptors (Lipinski definition) is 4. The summed E-state index contributed by atoms with van der Waals surface area (Å²) in [7, 11) is 0. The van der Waals surface area contributed by atoms with E-state index >= 15 is 0 Å². The molecule has 2 atom stereocenters. The first kappa shape index (κ1) is 9.43. The van der Waals surface area contributed by atoms with Crippen LogP contribution in [0.4, 0.5) is 5.82 Å². The smallest absolute Gasteiger partial charge is 0.129 e. The molecule has 2 rings (SSSR count). The number of nitrogens with zero attached hydrogens (tertiary/aromatic N) is 1. The minimum atomic E-state index is -0.536. The molecule has 0 bridgehead atoms. The van der Waals surface area contributed by atoms with Gasteiger partial charge in [-0.25, -0.2) is 4.98 Å². The van der Waals surface area contributed by atoms with Gasteiger partial charge in [0.1, 0.15) is 5.82 Å². The summed E-state index contributed by atoms with van der Waals surface area (Å²) in [5.41, 5.74) is 6.42. The number of anilines is 1. The minimum Gasteiger partial charge on any atom is -0.387 e. The fourth-order valence-corrected chi connectivity index (χ4v) is 1.88. The van der Waals surface area contributed by atoms with Gasteiger partial charge in [0.05, 0.1) is 6.10 Å². The molecule has 1 aliphatic heterocycles. The second kappa shape index (κ2) is 3.94. The van der Waals surface area contributed by atoms with Crippen molar-refractivity contribution in [1.29, 1.82) is 0 Å². The molecule has 1 unspecified atom stereocenters. The largest absolute Gasteiger partial charge is 0.387 e. The quantitative estimate of drug-likeness (QED) is 0.637. The molecule has 76 valence electrons. The van der Waals surface area contributed by atoms with E-state index in [1.807, 2.05) is 6.07 Å². The van der Waals surface area contributed by atoms with Crippen LogP contribution in [0.2, 0.25) is 0 Å². The summed E-state index contributed by atoms with van der Waals surface area (Å²) >= 11 is 0. The van der Waals surface area contributed by atoms with E-state index in [1.54, 1.807) is 12.3 Å². The second-order valence-electron chi connectivity index (χ2n) is 3.63. The van der Waals surface area contributed by atoms with Crippen LogP contribution in [0.5, 0.6) is 0 Å². The third-order valence-electron chi connectivity index (χ3n) is 2.67. The Morgan fingerprint density at radius 2 is 2.50 bits per heavy atom. The molecule has 0 radical (unpaired) electrons. The summed E-state index contributed by atoms with van der Waals surface area (Å²) in [4.78, 5) is 3.96. The molecular weight excluding hydrogens is 178 g/mol. The lowest BCUT2D eigenvalue weighted by Gasteiger charge is -2.19. The van der Waals surface area contributed by atoms with Crippen molar-refractivity contribution < 1.29 is 5.11 Å². The van der Waals surface area contributed by atoms with Crippen LogP contribution in [0.1, 0.15) is 24.5 Å². The molecule has 1 fully saturated rings. The Balaban J connectivity index is 2.17. The highest BCUT2D eigenvalue weighted by atomic mass is 16.3. The van der Waals surface area contributed by atoms with Crippen molar-refractivity contribution in [2.75, 3.05) is 12.3 Å². The number of hydrogen-bond donors (Lipinski definition) is 3. The number of nitrogens with two attached hydrogens (primary N) is 1. The molecule has 0 aliphatic carbocycles. The van der Waals surface area contributed by atoms with Crippen molar-refractivity contribution in [2.45, 2.75) is 25.0 Å². The van der Waals surface area contributed by atoms with Crippen LogP contribution >= 0.6 is 0 Å². The van der Waals surface area contributed by atoms with Crippen LogP contribution in [-0.4, -0.2) is 22.7 Å². The summed E-state index contributed by atoms with van der Waals surface area (Å²) in [6.07, 6.45) is 3.21. The topological polar surface area (TPSA) is 71.2 Å². The van der Waals surface area contributed by atoms with E-state index in [2.05, 4.69) is 10.3 Å². The Hall–Kier alpha value is -1.13. The summed E-state index contributed by atoms with van der Waals surface area (Å²) in [5, 5.41) is 13.3. The maximum absolute atomic E-state index is 10.0. The highest BCUT2D eigenvalue weighted by molar-refractivity contribution is 5.40. The third kappa shape index (κ3) is 1.71. The Bertz CT molecular complexity index is 310. The maximum Gasteiger partial charge on any atom is 0.129 e. The molecule has 4 nitrogen and oxygen atoms in total. The van der Waals surface area contributed by atoms with Crippen LogP contribution in [-0.2, 0) is 0 Å². The average Bonchev–Trinajstić information content (AvgIpc) is 2.70. The molecule has 0 amide bonds. The van der Waals surface area contributed by atoms with Gasteiger partial charge >= 0.3 is 0 Å². The Labute approximate surface area is 83.2 Å². The van der Waals surface area contributed by atoms with Crippen molar-refractivity contribution in [3.63, 3.8) is 0 Å². The van der Waals surface area contributed by atoms with Gasteiger partial charge in [0.15, 0.2) is 0 Å². The highest BCUT2D eigenvalue weighted by Gasteiger charge is 2.25. The molecule has 1 aliphatic rings. The lowest BCUT2D eigenvalue weighted by molar-refractivity contribution is 0.138. The van der Waals surface area contributed by atoms with E-state index in [-0.39, 0.29) is 6.04 Å². The fourth-order valence-electron chi connectivity index (χ4n) is 1.88. The lowest BCUT2D eigenvalue weighted by atomic mass is 10.0. The predicted octanol–water partition coefficient (Wildman–Crippen LogP) is 0.449. The van der Waals surface area contributed by atoms with Gasteiger partial charge in [0.25, 0.3) is 0 Å². The third-order valence-corrected chi connectivity index (χ3v) is 2.67. The molecule has 1 aromatic rings. The van der Waals surface area contributed by atoms with E-state index in [0.717, 1.165) is 24.9 Å². The number of nitrogen functional groups attached to an aromatic ring is 1. The summed E-state index contributed by atoms with van der Waals surface area (Å²) in [5.74, 6) is 0.425. The molecule has 1 aromatic heterocycles. The first-order chi connectivity index (χ1) is 6.79. The van der Waals surface area contributed by atoms with E-state index < -0.39 is 6.10 Å². The Kier molecular flexibility index (Phi) is 2.65. The van der Waals surface area contributed by atoms with Gasteiger partial charge in [0.2, 0.25) is 0 Å². The van der Waals surface area contributed by atoms with Crippen molar-refractivity contribution >= 4 is 5.82 Å². The van der Waals surface area contributed by atoms with Gasteiger partial charge in [-0.2, -0.15) is 0 Å². The zero-order chi connectivity index (χ0) is 9.97. The monoisotopic (exact) mass is 193 g/mol. The summed E-state index contributed by atoms with van der Waals surface area (Å²) in [6.45, 7) is 0.974. The SMILES string of the molecule is Nc1ncccc1C(O)[C@H]1CCCN1. The zero-order valence-electron chi connectivity index (χ0n) is 7.98. The van der Waals surface area contributed by atoms with Gasteiger partial charge in [0, 0.05) is 17.8 Å². The molecule has 1 saturated heterocycles. The maximum atomic E-state index is 10.0. The van der Waals surface area contributed by atoms with Gasteiger partial charge in [-0.1, -0.05) is 6.07 Å². The van der Waals surface area contributed by atoms with Gasteiger partial charge in [-0.05, 0) is 25.5 Å². The lowest BCUT2D eigenvalue weighted by Crippen LogP contribution is -2.29. The number of aromatic nitrogens is 1. The predicted molar refractivity (Wildman–Crippen MR) is 54.6 cm³/mol. The Morgan fingerprint density at radius 1 is 1.64 bits per heavy atom. The molecule has 4 N–H and O–H groups in total. The van der Waals surface area contributed by atoms with Gasteiger partial charge in [-0.3, -0.25) is 0 Å². The van der Waals surface area contributed by atoms with Crippen LogP contribution in [0.25, 0.3) is 0 Å². The number of nitrogens with one attached hydrogen (secondary N) is 1. The molecule has 0 saturated carbocycles. The first-order valence-electron chi connectivity index (χ1n) is 4.91. The van der Waals surface area contributed by atoms with Crippen LogP contribution in [0, 0.1) is 0 Å². The van der Waals surface area contributed by atoms with E-state index in [0.29, 0.717) is 5.82 Å². The van der Waals surface area contributed by atoms with Crippen molar-refractivity contribution in [3.8, 4) is 0 Å². The number of pyridine rings is 1. The number of rotatable bonds is 2. The first-order valence-corrected chi connectivity index (χ1v) is 4.91. The molecule has 14 heavy (non-hydrogen) atoms. The molecular formula is C10H15N3O. The van der Waals surface area contributed by atoms with Crippen LogP contribution in [0.3, 0.4) is 0 Å².